The molecule has 0 saturated heterocycles. The lowest BCUT2D eigenvalue weighted by Gasteiger charge is -2.16. The zero-order chi connectivity index (χ0) is 23.3. The van der Waals surface area contributed by atoms with Gasteiger partial charge in [0.05, 0.1) is 21.8 Å². The smallest absolute Gasteiger partial charge is 0.341 e. The molecule has 166 valence electrons. The zero-order valence-electron chi connectivity index (χ0n) is 16.7. The molecule has 0 saturated carbocycles. The van der Waals surface area contributed by atoms with E-state index in [9.17, 15) is 22.4 Å². The molecule has 2 N–H and O–H groups in total. The highest BCUT2D eigenvalue weighted by molar-refractivity contribution is 7.92. The fourth-order valence-electron chi connectivity index (χ4n) is 2.64. The molecule has 3 aromatic carbocycles. The van der Waals surface area contributed by atoms with Crippen molar-refractivity contribution in [2.24, 2.45) is 0 Å². The molecule has 0 radical (unpaired) electrons. The number of benzene rings is 3. The first-order valence-electron chi connectivity index (χ1n) is 9.31. The molecule has 0 heterocycles. The van der Waals surface area contributed by atoms with Gasteiger partial charge in [-0.3, -0.25) is 9.52 Å². The molecule has 0 aromatic heterocycles. The summed E-state index contributed by atoms with van der Waals surface area (Å²) >= 11 is 5.79. The van der Waals surface area contributed by atoms with Crippen LogP contribution < -0.4 is 10.0 Å². The van der Waals surface area contributed by atoms with Crippen molar-refractivity contribution in [1.82, 2.24) is 0 Å². The fourth-order valence-corrected chi connectivity index (χ4v) is 3.85. The first-order valence-corrected chi connectivity index (χ1v) is 11.2. The van der Waals surface area contributed by atoms with Gasteiger partial charge >= 0.3 is 5.97 Å². The van der Waals surface area contributed by atoms with Crippen LogP contribution in [0, 0.1) is 5.82 Å². The van der Waals surface area contributed by atoms with E-state index in [0.717, 1.165) is 0 Å². The minimum Gasteiger partial charge on any atom is -0.449 e. The number of rotatable bonds is 7. The Labute approximate surface area is 189 Å². The standard InChI is InChI=1S/C22H18ClFN2O5S/c1-14(21(27)25-20-9-5-3-7-18(20)24)31-22(28)17-6-2-4-8-19(17)26-32(29,30)16-12-10-15(23)11-13-16/h2-14,26H,1H3,(H,25,27). The minimum atomic E-state index is -4.01. The Morgan fingerprint density at radius 1 is 0.938 bits per heavy atom. The predicted molar refractivity (Wildman–Crippen MR) is 119 cm³/mol. The number of hydrogen-bond acceptors (Lipinski definition) is 5. The Bertz CT molecular complexity index is 1250. The van der Waals surface area contributed by atoms with Crippen LogP contribution in [-0.2, 0) is 19.6 Å². The van der Waals surface area contributed by atoms with Crippen molar-refractivity contribution >= 4 is 44.9 Å². The maximum atomic E-state index is 13.7. The summed E-state index contributed by atoms with van der Waals surface area (Å²) in [6, 6.07) is 16.8. The summed E-state index contributed by atoms with van der Waals surface area (Å²) in [5, 5.41) is 2.70. The van der Waals surface area contributed by atoms with E-state index in [1.54, 1.807) is 6.07 Å². The topological polar surface area (TPSA) is 102 Å². The van der Waals surface area contributed by atoms with Gasteiger partial charge in [0, 0.05) is 5.02 Å². The van der Waals surface area contributed by atoms with Gasteiger partial charge in [-0.05, 0) is 55.5 Å². The molecule has 0 aliphatic rings. The molecule has 32 heavy (non-hydrogen) atoms. The van der Waals surface area contributed by atoms with E-state index >= 15 is 0 Å². The molecule has 7 nitrogen and oxygen atoms in total. The normalized spacial score (nSPS) is 12.0. The highest BCUT2D eigenvalue weighted by Gasteiger charge is 2.23. The summed E-state index contributed by atoms with van der Waals surface area (Å²) in [4.78, 5) is 24.9. The third kappa shape index (κ3) is 5.63. The second kappa shape index (κ2) is 9.80. The third-order valence-corrected chi connectivity index (χ3v) is 5.93. The molecule has 3 aromatic rings. The van der Waals surface area contributed by atoms with Gasteiger partial charge in [-0.25, -0.2) is 17.6 Å². The quantitative estimate of drug-likeness (QED) is 0.490. The molecule has 1 amide bonds. The first kappa shape index (κ1) is 23.2. The zero-order valence-corrected chi connectivity index (χ0v) is 18.3. The van der Waals surface area contributed by atoms with E-state index in [-0.39, 0.29) is 21.8 Å². The summed E-state index contributed by atoms with van der Waals surface area (Å²) < 4.78 is 46.5. The van der Waals surface area contributed by atoms with Crippen LogP contribution in [0.15, 0.2) is 77.7 Å². The lowest BCUT2D eigenvalue weighted by molar-refractivity contribution is -0.123. The SMILES string of the molecule is CC(OC(=O)c1ccccc1NS(=O)(=O)c1ccc(Cl)cc1)C(=O)Nc1ccccc1F. The number of ether oxygens (including phenoxy) is 1. The van der Waals surface area contributed by atoms with Crippen molar-refractivity contribution in [2.45, 2.75) is 17.9 Å². The average Bonchev–Trinajstić information content (AvgIpc) is 2.75. The van der Waals surface area contributed by atoms with Gasteiger partial charge in [0.2, 0.25) is 0 Å². The van der Waals surface area contributed by atoms with E-state index in [2.05, 4.69) is 10.0 Å². The molecule has 0 spiro atoms. The van der Waals surface area contributed by atoms with Crippen LogP contribution in [-0.4, -0.2) is 26.4 Å². The van der Waals surface area contributed by atoms with Crippen LogP contribution in [0.3, 0.4) is 0 Å². The fraction of sp³-hybridized carbons (Fsp3) is 0.0909. The van der Waals surface area contributed by atoms with Crippen LogP contribution in [0.1, 0.15) is 17.3 Å². The predicted octanol–water partition coefficient (Wildman–Crippen LogP) is 4.46. The van der Waals surface area contributed by atoms with E-state index < -0.39 is 33.8 Å². The van der Waals surface area contributed by atoms with Crippen molar-refractivity contribution in [3.8, 4) is 0 Å². The second-order valence-corrected chi connectivity index (χ2v) is 8.74. The lowest BCUT2D eigenvalue weighted by Crippen LogP contribution is -2.30. The highest BCUT2D eigenvalue weighted by atomic mass is 35.5. The Hall–Kier alpha value is -3.43. The van der Waals surface area contributed by atoms with Crippen molar-refractivity contribution in [3.63, 3.8) is 0 Å². The maximum absolute atomic E-state index is 13.7. The van der Waals surface area contributed by atoms with Gasteiger partial charge in [0.25, 0.3) is 15.9 Å². The van der Waals surface area contributed by atoms with Gasteiger partial charge in [0.1, 0.15) is 5.82 Å². The number of hydrogen-bond donors (Lipinski definition) is 2. The largest absolute Gasteiger partial charge is 0.449 e. The van der Waals surface area contributed by atoms with Crippen LogP contribution >= 0.6 is 11.6 Å². The molecule has 1 unspecified atom stereocenters. The maximum Gasteiger partial charge on any atom is 0.341 e. The lowest BCUT2D eigenvalue weighted by atomic mass is 10.2. The number of esters is 1. The minimum absolute atomic E-state index is 0.0332. The molecular weight excluding hydrogens is 459 g/mol. The van der Waals surface area contributed by atoms with E-state index in [4.69, 9.17) is 16.3 Å². The summed E-state index contributed by atoms with van der Waals surface area (Å²) in [6.45, 7) is 1.31. The Morgan fingerprint density at radius 3 is 2.19 bits per heavy atom. The molecule has 0 aliphatic carbocycles. The number of nitrogens with one attached hydrogen (secondary N) is 2. The molecule has 0 aliphatic heterocycles. The van der Waals surface area contributed by atoms with E-state index in [1.165, 1.54) is 73.7 Å². The number of anilines is 2. The van der Waals surface area contributed by atoms with Crippen LogP contribution in [0.4, 0.5) is 15.8 Å². The van der Waals surface area contributed by atoms with Gasteiger partial charge in [-0.15, -0.1) is 0 Å². The average molecular weight is 477 g/mol. The summed E-state index contributed by atoms with van der Waals surface area (Å²) in [5.41, 5.74) is -0.193. The molecule has 10 heteroatoms. The molecular formula is C22H18ClFN2O5S. The van der Waals surface area contributed by atoms with Crippen molar-refractivity contribution in [2.75, 3.05) is 10.0 Å². The third-order valence-electron chi connectivity index (χ3n) is 4.30. The van der Waals surface area contributed by atoms with Gasteiger partial charge in [-0.2, -0.15) is 0 Å². The van der Waals surface area contributed by atoms with Gasteiger partial charge < -0.3 is 10.1 Å². The Balaban J connectivity index is 1.74. The van der Waals surface area contributed by atoms with Crippen LogP contribution in [0.25, 0.3) is 0 Å². The summed E-state index contributed by atoms with van der Waals surface area (Å²) in [7, 11) is -4.01. The first-order chi connectivity index (χ1) is 15.2. The summed E-state index contributed by atoms with van der Waals surface area (Å²) in [5.74, 6) is -2.32. The van der Waals surface area contributed by atoms with E-state index in [0.29, 0.717) is 5.02 Å². The van der Waals surface area contributed by atoms with Crippen molar-refractivity contribution in [3.05, 3.63) is 89.2 Å². The van der Waals surface area contributed by atoms with Gasteiger partial charge in [-0.1, -0.05) is 35.9 Å². The number of halogens is 2. The number of amides is 1. The molecule has 0 fully saturated rings. The Kier molecular flexibility index (Phi) is 7.12. The Morgan fingerprint density at radius 2 is 1.53 bits per heavy atom. The van der Waals surface area contributed by atoms with E-state index in [1.807, 2.05) is 0 Å². The number of carbonyl (C=O) groups is 2. The number of para-hydroxylation sites is 2. The van der Waals surface area contributed by atoms with Crippen molar-refractivity contribution in [1.29, 1.82) is 0 Å². The van der Waals surface area contributed by atoms with Crippen molar-refractivity contribution < 1.29 is 27.1 Å². The summed E-state index contributed by atoms with van der Waals surface area (Å²) in [6.07, 6.45) is -1.27. The molecule has 0 bridgehead atoms. The number of sulfonamides is 1. The second-order valence-electron chi connectivity index (χ2n) is 6.62. The van der Waals surface area contributed by atoms with Crippen LogP contribution in [0.2, 0.25) is 5.02 Å². The molecule has 3 rings (SSSR count). The highest BCUT2D eigenvalue weighted by Crippen LogP contribution is 2.22. The van der Waals surface area contributed by atoms with Gasteiger partial charge in [0.15, 0.2) is 6.10 Å². The van der Waals surface area contributed by atoms with Crippen LogP contribution in [0.5, 0.6) is 0 Å². The monoisotopic (exact) mass is 476 g/mol. The molecule has 1 atom stereocenters. The number of carbonyl (C=O) groups excluding carboxylic acids is 2.